The average molecular weight is 308 g/mol. The highest BCUT2D eigenvalue weighted by molar-refractivity contribution is 7.99. The van der Waals surface area contributed by atoms with Gasteiger partial charge < -0.3 is 10.4 Å². The van der Waals surface area contributed by atoms with Gasteiger partial charge in [0.05, 0.1) is 5.56 Å². The molecule has 0 amide bonds. The number of nitrogens with one attached hydrogen (secondary N) is 1. The summed E-state index contributed by atoms with van der Waals surface area (Å²) in [6.45, 7) is 2.08. The van der Waals surface area contributed by atoms with Gasteiger partial charge in [0.1, 0.15) is 5.82 Å². The topological polar surface area (TPSA) is 62.2 Å². The highest BCUT2D eigenvalue weighted by Gasteiger charge is 2.24. The first-order chi connectivity index (χ1) is 10.1. The van der Waals surface area contributed by atoms with Crippen LogP contribution < -0.4 is 5.32 Å². The largest absolute Gasteiger partial charge is 0.478 e. The van der Waals surface area contributed by atoms with Gasteiger partial charge in [-0.1, -0.05) is 26.2 Å². The number of hydrogen-bond donors (Lipinski definition) is 2. The lowest BCUT2D eigenvalue weighted by Crippen LogP contribution is -2.34. The molecular weight excluding hydrogens is 284 g/mol. The number of aromatic carboxylic acids is 1. The van der Waals surface area contributed by atoms with Crippen molar-refractivity contribution < 1.29 is 9.90 Å². The van der Waals surface area contributed by atoms with Crippen LogP contribution in [0.1, 0.15) is 55.1 Å². The summed E-state index contributed by atoms with van der Waals surface area (Å²) in [5, 5.41) is 13.3. The van der Waals surface area contributed by atoms with Crippen LogP contribution >= 0.6 is 11.8 Å². The number of aryl methyl sites for hydroxylation is 1. The fraction of sp³-hybridized carbons (Fsp3) is 0.625. The second-order valence-corrected chi connectivity index (χ2v) is 6.67. The van der Waals surface area contributed by atoms with Gasteiger partial charge in [-0.15, -0.1) is 0 Å². The SMILES string of the molecule is CCCc1cc(C(=O)O)cc(NC2CCCCC2SC)n1. The van der Waals surface area contributed by atoms with E-state index in [1.165, 1.54) is 19.3 Å². The van der Waals surface area contributed by atoms with E-state index in [4.69, 9.17) is 0 Å². The average Bonchev–Trinajstić information content (AvgIpc) is 2.48. The van der Waals surface area contributed by atoms with Gasteiger partial charge in [0.15, 0.2) is 0 Å². The summed E-state index contributed by atoms with van der Waals surface area (Å²) in [4.78, 5) is 15.8. The van der Waals surface area contributed by atoms with Gasteiger partial charge in [-0.05, 0) is 37.7 Å². The van der Waals surface area contributed by atoms with Crippen molar-refractivity contribution in [2.24, 2.45) is 0 Å². The summed E-state index contributed by atoms with van der Waals surface area (Å²) < 4.78 is 0. The number of anilines is 1. The van der Waals surface area contributed by atoms with Crippen molar-refractivity contribution in [1.82, 2.24) is 4.98 Å². The van der Waals surface area contributed by atoms with E-state index in [-0.39, 0.29) is 0 Å². The van der Waals surface area contributed by atoms with E-state index >= 15 is 0 Å². The molecule has 2 N–H and O–H groups in total. The van der Waals surface area contributed by atoms with Crippen LogP contribution in [-0.2, 0) is 6.42 Å². The number of nitrogens with zero attached hydrogens (tertiary/aromatic N) is 1. The number of carboxylic acid groups (broad SMARTS) is 1. The number of carboxylic acids is 1. The fourth-order valence-corrected chi connectivity index (χ4v) is 3.84. The highest BCUT2D eigenvalue weighted by Crippen LogP contribution is 2.29. The molecule has 1 aromatic heterocycles. The molecular formula is C16H24N2O2S. The molecule has 1 aliphatic carbocycles. The molecule has 116 valence electrons. The molecule has 2 unspecified atom stereocenters. The molecule has 21 heavy (non-hydrogen) atoms. The third kappa shape index (κ3) is 4.37. The van der Waals surface area contributed by atoms with E-state index < -0.39 is 5.97 Å². The predicted molar refractivity (Wildman–Crippen MR) is 88.4 cm³/mol. The molecule has 5 heteroatoms. The molecule has 4 nitrogen and oxygen atoms in total. The van der Waals surface area contributed by atoms with Gasteiger partial charge in [0.25, 0.3) is 0 Å². The second-order valence-electron chi connectivity index (χ2n) is 5.60. The summed E-state index contributed by atoms with van der Waals surface area (Å²) in [5.74, 6) is -0.174. The van der Waals surface area contributed by atoms with Crippen molar-refractivity contribution in [1.29, 1.82) is 0 Å². The van der Waals surface area contributed by atoms with Crippen LogP contribution in [0.5, 0.6) is 0 Å². The number of hydrogen-bond acceptors (Lipinski definition) is 4. The van der Waals surface area contributed by atoms with Crippen LogP contribution in [0, 0.1) is 0 Å². The highest BCUT2D eigenvalue weighted by atomic mass is 32.2. The minimum Gasteiger partial charge on any atom is -0.478 e. The van der Waals surface area contributed by atoms with Crippen molar-refractivity contribution in [3.05, 3.63) is 23.4 Å². The zero-order valence-electron chi connectivity index (χ0n) is 12.8. The van der Waals surface area contributed by atoms with Crippen LogP contribution in [0.2, 0.25) is 0 Å². The first-order valence-corrected chi connectivity index (χ1v) is 8.96. The third-order valence-corrected chi connectivity index (χ3v) is 5.14. The number of rotatable bonds is 6. The lowest BCUT2D eigenvalue weighted by molar-refractivity contribution is 0.0696. The maximum absolute atomic E-state index is 11.3. The van der Waals surface area contributed by atoms with Gasteiger partial charge in [0.2, 0.25) is 0 Å². The molecule has 2 atom stereocenters. The smallest absolute Gasteiger partial charge is 0.335 e. The van der Waals surface area contributed by atoms with Gasteiger partial charge in [-0.2, -0.15) is 11.8 Å². The summed E-state index contributed by atoms with van der Waals surface area (Å²) in [6, 6.07) is 3.73. The van der Waals surface area contributed by atoms with Crippen LogP contribution in [-0.4, -0.2) is 33.6 Å². The van der Waals surface area contributed by atoms with Gasteiger partial charge in [-0.25, -0.2) is 9.78 Å². The fourth-order valence-electron chi connectivity index (χ4n) is 2.90. The Bertz CT molecular complexity index is 493. The number of pyridine rings is 1. The Morgan fingerprint density at radius 2 is 2.19 bits per heavy atom. The molecule has 0 aromatic carbocycles. The van der Waals surface area contributed by atoms with Crippen LogP contribution in [0.15, 0.2) is 12.1 Å². The van der Waals surface area contributed by atoms with Crippen molar-refractivity contribution in [3.63, 3.8) is 0 Å². The zero-order valence-corrected chi connectivity index (χ0v) is 13.6. The predicted octanol–water partition coefficient (Wildman–Crippen LogP) is 3.82. The lowest BCUT2D eigenvalue weighted by atomic mass is 9.95. The second kappa shape index (κ2) is 7.69. The summed E-state index contributed by atoms with van der Waals surface area (Å²) in [7, 11) is 0. The molecule has 1 saturated carbocycles. The van der Waals surface area contributed by atoms with E-state index in [0.29, 0.717) is 22.7 Å². The quantitative estimate of drug-likeness (QED) is 0.836. The molecule has 1 fully saturated rings. The molecule has 0 aliphatic heterocycles. The van der Waals surface area contributed by atoms with Crippen molar-refractivity contribution in [2.75, 3.05) is 11.6 Å². The minimum absolute atomic E-state index is 0.326. The number of thioether (sulfide) groups is 1. The Morgan fingerprint density at radius 1 is 1.43 bits per heavy atom. The first-order valence-electron chi connectivity index (χ1n) is 7.67. The van der Waals surface area contributed by atoms with E-state index in [9.17, 15) is 9.90 Å². The van der Waals surface area contributed by atoms with Gasteiger partial charge in [-0.3, -0.25) is 0 Å². The molecule has 2 rings (SSSR count). The summed E-state index contributed by atoms with van der Waals surface area (Å²) in [6.07, 6.45) is 8.79. The van der Waals surface area contributed by atoms with E-state index in [2.05, 4.69) is 23.5 Å². The van der Waals surface area contributed by atoms with Crippen LogP contribution in [0.3, 0.4) is 0 Å². The monoisotopic (exact) mass is 308 g/mol. The maximum atomic E-state index is 11.3. The molecule has 1 heterocycles. The zero-order chi connectivity index (χ0) is 15.2. The standard InChI is InChI=1S/C16H24N2O2S/c1-3-6-12-9-11(16(19)20)10-15(17-12)18-13-7-4-5-8-14(13)21-2/h9-10,13-14H,3-8H2,1-2H3,(H,17,18)(H,19,20). The van der Waals surface area contributed by atoms with E-state index in [0.717, 1.165) is 25.0 Å². The van der Waals surface area contributed by atoms with Crippen LogP contribution in [0.4, 0.5) is 5.82 Å². The van der Waals surface area contributed by atoms with E-state index in [1.807, 2.05) is 11.8 Å². The first kappa shape index (κ1) is 16.1. The molecule has 0 saturated heterocycles. The summed E-state index contributed by atoms with van der Waals surface area (Å²) in [5.41, 5.74) is 1.18. The van der Waals surface area contributed by atoms with Crippen molar-refractivity contribution in [2.45, 2.75) is 56.7 Å². The minimum atomic E-state index is -0.886. The molecule has 0 radical (unpaired) electrons. The summed E-state index contributed by atoms with van der Waals surface area (Å²) >= 11 is 1.89. The van der Waals surface area contributed by atoms with E-state index in [1.54, 1.807) is 12.1 Å². The Kier molecular flexibility index (Phi) is 5.91. The van der Waals surface area contributed by atoms with Crippen molar-refractivity contribution >= 4 is 23.5 Å². The molecule has 1 aromatic rings. The Labute approximate surface area is 130 Å². The maximum Gasteiger partial charge on any atom is 0.335 e. The number of aromatic nitrogens is 1. The molecule has 0 spiro atoms. The Hall–Kier alpha value is -1.23. The van der Waals surface area contributed by atoms with Gasteiger partial charge >= 0.3 is 5.97 Å². The molecule has 1 aliphatic rings. The number of carbonyl (C=O) groups is 1. The van der Waals surface area contributed by atoms with Gasteiger partial charge in [0, 0.05) is 17.0 Å². The normalized spacial score (nSPS) is 22.0. The van der Waals surface area contributed by atoms with Crippen LogP contribution in [0.25, 0.3) is 0 Å². The Balaban J connectivity index is 2.19. The lowest BCUT2D eigenvalue weighted by Gasteiger charge is -2.31. The Morgan fingerprint density at radius 3 is 2.86 bits per heavy atom. The third-order valence-electron chi connectivity index (χ3n) is 3.97. The molecule has 0 bridgehead atoms. The van der Waals surface area contributed by atoms with Crippen molar-refractivity contribution in [3.8, 4) is 0 Å².